The Hall–Kier alpha value is -2.34. The first kappa shape index (κ1) is 18.5. The summed E-state index contributed by atoms with van der Waals surface area (Å²) in [5.41, 5.74) is 1.82. The van der Waals surface area contributed by atoms with Crippen LogP contribution in [0.4, 0.5) is 0 Å². The SMILES string of the molecule is CCN1C(=O)CC[C@@H](C(=O)NCc2ccnn2C)[C@@H]1c1cccc(Cl)c1. The first-order valence-electron chi connectivity index (χ1n) is 8.80. The van der Waals surface area contributed by atoms with Crippen molar-refractivity contribution in [2.45, 2.75) is 32.4 Å². The van der Waals surface area contributed by atoms with Gasteiger partial charge >= 0.3 is 0 Å². The number of carbonyl (C=O) groups excluding carboxylic acids is 2. The van der Waals surface area contributed by atoms with E-state index in [0.29, 0.717) is 31.0 Å². The average molecular weight is 375 g/mol. The predicted molar refractivity (Wildman–Crippen MR) is 99.4 cm³/mol. The van der Waals surface area contributed by atoms with Crippen molar-refractivity contribution in [1.29, 1.82) is 0 Å². The highest BCUT2D eigenvalue weighted by Crippen LogP contribution is 2.37. The van der Waals surface area contributed by atoms with Gasteiger partial charge in [-0.15, -0.1) is 0 Å². The summed E-state index contributed by atoms with van der Waals surface area (Å²) in [6.07, 6.45) is 2.62. The molecule has 6 nitrogen and oxygen atoms in total. The van der Waals surface area contributed by atoms with Crippen LogP contribution in [0.25, 0.3) is 0 Å². The third-order valence-corrected chi connectivity index (χ3v) is 5.18. The summed E-state index contributed by atoms with van der Waals surface area (Å²) >= 11 is 6.15. The van der Waals surface area contributed by atoms with E-state index in [1.165, 1.54) is 0 Å². The summed E-state index contributed by atoms with van der Waals surface area (Å²) in [5.74, 6) is -0.283. The van der Waals surface area contributed by atoms with E-state index in [1.807, 2.05) is 38.2 Å². The summed E-state index contributed by atoms with van der Waals surface area (Å²) in [4.78, 5) is 27.1. The topological polar surface area (TPSA) is 67.2 Å². The lowest BCUT2D eigenvalue weighted by atomic mass is 9.83. The van der Waals surface area contributed by atoms with Crippen molar-refractivity contribution in [1.82, 2.24) is 20.0 Å². The molecule has 1 aromatic heterocycles. The number of carbonyl (C=O) groups is 2. The van der Waals surface area contributed by atoms with Gasteiger partial charge in [-0.1, -0.05) is 23.7 Å². The van der Waals surface area contributed by atoms with Gasteiger partial charge in [-0.3, -0.25) is 14.3 Å². The second kappa shape index (κ2) is 7.91. The zero-order valence-electron chi connectivity index (χ0n) is 15.0. The first-order valence-corrected chi connectivity index (χ1v) is 9.18. The van der Waals surface area contributed by atoms with Crippen LogP contribution in [0.2, 0.25) is 5.02 Å². The fraction of sp³-hybridized carbons (Fsp3) is 0.421. The summed E-state index contributed by atoms with van der Waals surface area (Å²) < 4.78 is 1.73. The number of hydrogen-bond donors (Lipinski definition) is 1. The highest BCUT2D eigenvalue weighted by Gasteiger charge is 2.39. The van der Waals surface area contributed by atoms with Crippen LogP contribution in [0.3, 0.4) is 0 Å². The van der Waals surface area contributed by atoms with Gasteiger partial charge in [0.2, 0.25) is 11.8 Å². The molecule has 1 fully saturated rings. The van der Waals surface area contributed by atoms with Gasteiger partial charge < -0.3 is 10.2 Å². The highest BCUT2D eigenvalue weighted by molar-refractivity contribution is 6.30. The fourth-order valence-electron chi connectivity index (χ4n) is 3.59. The third kappa shape index (κ3) is 3.75. The Kier molecular flexibility index (Phi) is 5.61. The minimum atomic E-state index is -0.306. The molecule has 2 atom stereocenters. The zero-order chi connectivity index (χ0) is 18.7. The van der Waals surface area contributed by atoms with Crippen LogP contribution < -0.4 is 5.32 Å². The number of aromatic nitrogens is 2. The van der Waals surface area contributed by atoms with E-state index in [4.69, 9.17) is 11.6 Å². The monoisotopic (exact) mass is 374 g/mol. The Morgan fingerprint density at radius 2 is 2.19 bits per heavy atom. The van der Waals surface area contributed by atoms with Crippen molar-refractivity contribution < 1.29 is 9.59 Å². The van der Waals surface area contributed by atoms with Crippen molar-refractivity contribution in [2.24, 2.45) is 13.0 Å². The van der Waals surface area contributed by atoms with Crippen LogP contribution in [0.5, 0.6) is 0 Å². The van der Waals surface area contributed by atoms with Crippen molar-refractivity contribution in [3.05, 3.63) is 52.8 Å². The summed E-state index contributed by atoms with van der Waals surface area (Å²) in [6.45, 7) is 2.90. The minimum absolute atomic E-state index is 0.0536. The van der Waals surface area contributed by atoms with Crippen LogP contribution >= 0.6 is 11.6 Å². The zero-order valence-corrected chi connectivity index (χ0v) is 15.7. The molecule has 2 heterocycles. The number of nitrogens with zero attached hydrogens (tertiary/aromatic N) is 3. The molecule has 0 saturated carbocycles. The summed E-state index contributed by atoms with van der Waals surface area (Å²) in [6, 6.07) is 9.00. The second-order valence-corrected chi connectivity index (χ2v) is 6.93. The van der Waals surface area contributed by atoms with Crippen molar-refractivity contribution in [3.63, 3.8) is 0 Å². The molecule has 0 aliphatic carbocycles. The van der Waals surface area contributed by atoms with Gasteiger partial charge in [0.1, 0.15) is 0 Å². The number of nitrogens with one attached hydrogen (secondary N) is 1. The Morgan fingerprint density at radius 3 is 2.85 bits per heavy atom. The Balaban J connectivity index is 1.83. The van der Waals surface area contributed by atoms with Gasteiger partial charge in [0.15, 0.2) is 0 Å². The quantitative estimate of drug-likeness (QED) is 0.874. The third-order valence-electron chi connectivity index (χ3n) is 4.94. The number of rotatable bonds is 5. The molecular formula is C19H23ClN4O2. The second-order valence-electron chi connectivity index (χ2n) is 6.49. The van der Waals surface area contributed by atoms with Gasteiger partial charge in [0, 0.05) is 31.2 Å². The molecule has 26 heavy (non-hydrogen) atoms. The smallest absolute Gasteiger partial charge is 0.225 e. The number of amides is 2. The van der Waals surface area contributed by atoms with E-state index in [0.717, 1.165) is 11.3 Å². The molecule has 0 spiro atoms. The predicted octanol–water partition coefficient (Wildman–Crippen LogP) is 2.69. The average Bonchev–Trinajstić information content (AvgIpc) is 3.04. The van der Waals surface area contributed by atoms with E-state index in [1.54, 1.807) is 21.8 Å². The molecule has 0 unspecified atom stereocenters. The molecule has 138 valence electrons. The number of likely N-dealkylation sites (tertiary alicyclic amines) is 1. The largest absolute Gasteiger partial charge is 0.350 e. The minimum Gasteiger partial charge on any atom is -0.350 e. The molecule has 1 saturated heterocycles. The first-order chi connectivity index (χ1) is 12.5. The maximum absolute atomic E-state index is 12.9. The van der Waals surface area contributed by atoms with Crippen molar-refractivity contribution >= 4 is 23.4 Å². The van der Waals surface area contributed by atoms with Crippen LogP contribution in [-0.2, 0) is 23.2 Å². The Labute approximate surface area is 158 Å². The van der Waals surface area contributed by atoms with Gasteiger partial charge in [0.05, 0.1) is 24.2 Å². The van der Waals surface area contributed by atoms with Crippen molar-refractivity contribution in [3.8, 4) is 0 Å². The molecular weight excluding hydrogens is 352 g/mol. The summed E-state index contributed by atoms with van der Waals surface area (Å²) in [7, 11) is 1.84. The lowest BCUT2D eigenvalue weighted by Crippen LogP contribution is -2.47. The molecule has 3 rings (SSSR count). The lowest BCUT2D eigenvalue weighted by Gasteiger charge is -2.40. The lowest BCUT2D eigenvalue weighted by molar-refractivity contribution is -0.143. The van der Waals surface area contributed by atoms with E-state index in [2.05, 4.69) is 10.4 Å². The fourth-order valence-corrected chi connectivity index (χ4v) is 3.79. The number of benzene rings is 1. The van der Waals surface area contributed by atoms with Crippen LogP contribution in [0, 0.1) is 5.92 Å². The summed E-state index contributed by atoms with van der Waals surface area (Å²) in [5, 5.41) is 7.71. The Bertz CT molecular complexity index is 804. The molecule has 1 aromatic carbocycles. The van der Waals surface area contributed by atoms with E-state index < -0.39 is 0 Å². The van der Waals surface area contributed by atoms with Crippen molar-refractivity contribution in [2.75, 3.05) is 6.54 Å². The van der Waals surface area contributed by atoms with E-state index >= 15 is 0 Å². The number of hydrogen-bond acceptors (Lipinski definition) is 3. The molecule has 0 bridgehead atoms. The maximum atomic E-state index is 12.9. The van der Waals surface area contributed by atoms with Crippen LogP contribution in [0.1, 0.15) is 37.1 Å². The van der Waals surface area contributed by atoms with Gasteiger partial charge in [-0.2, -0.15) is 5.10 Å². The standard InChI is InChI=1S/C19H23ClN4O2/c1-3-24-17(25)8-7-16(18(24)13-5-4-6-14(20)11-13)19(26)21-12-15-9-10-22-23(15)2/h4-6,9-11,16,18H,3,7-8,12H2,1-2H3,(H,21,26)/t16-,18+/m1/s1. The molecule has 1 aliphatic rings. The molecule has 1 N–H and O–H groups in total. The molecule has 1 aliphatic heterocycles. The number of aryl methyl sites for hydroxylation is 1. The van der Waals surface area contributed by atoms with E-state index in [-0.39, 0.29) is 23.8 Å². The van der Waals surface area contributed by atoms with Crippen LogP contribution in [-0.4, -0.2) is 33.0 Å². The number of halogens is 1. The maximum Gasteiger partial charge on any atom is 0.225 e. The normalized spacial score (nSPS) is 20.3. The molecule has 7 heteroatoms. The highest BCUT2D eigenvalue weighted by atomic mass is 35.5. The van der Waals surface area contributed by atoms with Gasteiger partial charge in [-0.25, -0.2) is 0 Å². The van der Waals surface area contributed by atoms with Gasteiger partial charge in [-0.05, 0) is 37.1 Å². The molecule has 2 amide bonds. The molecule has 0 radical (unpaired) electrons. The van der Waals surface area contributed by atoms with Crippen LogP contribution in [0.15, 0.2) is 36.5 Å². The van der Waals surface area contributed by atoms with Gasteiger partial charge in [0.25, 0.3) is 0 Å². The molecule has 2 aromatic rings. The van der Waals surface area contributed by atoms with E-state index in [9.17, 15) is 9.59 Å². The number of piperidine rings is 1. The Morgan fingerprint density at radius 1 is 1.38 bits per heavy atom.